The highest BCUT2D eigenvalue weighted by Gasteiger charge is 2.24. The fourth-order valence-electron chi connectivity index (χ4n) is 2.43. The van der Waals surface area contributed by atoms with Gasteiger partial charge in [0.1, 0.15) is 6.29 Å². The Hall–Kier alpha value is -1.72. The second-order valence-corrected chi connectivity index (χ2v) is 5.73. The van der Waals surface area contributed by atoms with Crippen LogP contribution >= 0.6 is 0 Å². The molecule has 0 saturated carbocycles. The van der Waals surface area contributed by atoms with Gasteiger partial charge in [-0.25, -0.2) is 0 Å². The highest BCUT2D eigenvalue weighted by atomic mass is 16.5. The number of ether oxygens (including phenoxy) is 2. The van der Waals surface area contributed by atoms with Crippen molar-refractivity contribution in [2.24, 2.45) is 0 Å². The fourth-order valence-corrected chi connectivity index (χ4v) is 2.43. The molecule has 0 aromatic heterocycles. The van der Waals surface area contributed by atoms with Crippen LogP contribution in [0, 0.1) is 0 Å². The van der Waals surface area contributed by atoms with Gasteiger partial charge < -0.3 is 14.3 Å². The third-order valence-electron chi connectivity index (χ3n) is 3.95. The van der Waals surface area contributed by atoms with Gasteiger partial charge in [-0.1, -0.05) is 30.3 Å². The Kier molecular flexibility index (Phi) is 13.6. The molecule has 0 N–H and O–H groups in total. The van der Waals surface area contributed by atoms with Gasteiger partial charge in [-0.3, -0.25) is 9.69 Å². The van der Waals surface area contributed by atoms with Crippen LogP contribution in [0.1, 0.15) is 52.1 Å². The SMILES string of the molecule is CCOC.CCOC(=O)CN(C(C)CCC=O)C(C)c1ccccc1. The van der Waals surface area contributed by atoms with E-state index < -0.39 is 0 Å². The number of rotatable bonds is 10. The molecule has 0 bridgehead atoms. The van der Waals surface area contributed by atoms with Crippen LogP contribution in [0.5, 0.6) is 0 Å². The second-order valence-electron chi connectivity index (χ2n) is 5.73. The van der Waals surface area contributed by atoms with E-state index in [1.165, 1.54) is 0 Å². The molecule has 0 fully saturated rings. The molecule has 0 aliphatic rings. The number of esters is 1. The predicted molar refractivity (Wildman–Crippen MR) is 101 cm³/mol. The molecule has 0 aliphatic carbocycles. The summed E-state index contributed by atoms with van der Waals surface area (Å²) in [7, 11) is 1.68. The first kappa shape index (κ1) is 23.3. The summed E-state index contributed by atoms with van der Waals surface area (Å²) in [6.07, 6.45) is 2.16. The number of nitrogens with zero attached hydrogens (tertiary/aromatic N) is 1. The summed E-state index contributed by atoms with van der Waals surface area (Å²) in [5, 5.41) is 0. The zero-order valence-electron chi connectivity index (χ0n) is 16.2. The lowest BCUT2D eigenvalue weighted by Crippen LogP contribution is -2.40. The van der Waals surface area contributed by atoms with Gasteiger partial charge >= 0.3 is 5.97 Å². The molecule has 25 heavy (non-hydrogen) atoms. The minimum absolute atomic E-state index is 0.0947. The molecule has 0 saturated heterocycles. The largest absolute Gasteiger partial charge is 0.465 e. The molecule has 1 aromatic rings. The summed E-state index contributed by atoms with van der Waals surface area (Å²) in [5.74, 6) is -0.224. The van der Waals surface area contributed by atoms with E-state index in [4.69, 9.17) is 4.74 Å². The van der Waals surface area contributed by atoms with E-state index in [0.29, 0.717) is 13.0 Å². The van der Waals surface area contributed by atoms with Gasteiger partial charge in [-0.2, -0.15) is 0 Å². The molecular weight excluding hydrogens is 318 g/mol. The van der Waals surface area contributed by atoms with Gasteiger partial charge in [0.05, 0.1) is 13.2 Å². The van der Waals surface area contributed by atoms with Crippen molar-refractivity contribution in [3.05, 3.63) is 35.9 Å². The van der Waals surface area contributed by atoms with Crippen LogP contribution in [-0.4, -0.2) is 50.1 Å². The summed E-state index contributed by atoms with van der Waals surface area (Å²) >= 11 is 0. The summed E-state index contributed by atoms with van der Waals surface area (Å²) in [6, 6.07) is 10.3. The summed E-state index contributed by atoms with van der Waals surface area (Å²) in [4.78, 5) is 24.5. The third-order valence-corrected chi connectivity index (χ3v) is 3.95. The van der Waals surface area contributed by atoms with Crippen LogP contribution in [-0.2, 0) is 19.1 Å². The van der Waals surface area contributed by atoms with Crippen molar-refractivity contribution in [2.75, 3.05) is 26.9 Å². The van der Waals surface area contributed by atoms with Gasteiger partial charge in [0, 0.05) is 32.2 Å². The smallest absolute Gasteiger partial charge is 0.320 e. The predicted octanol–water partition coefficient (Wildman–Crippen LogP) is 3.63. The monoisotopic (exact) mass is 351 g/mol. The lowest BCUT2D eigenvalue weighted by atomic mass is 10.0. The Morgan fingerprint density at radius 1 is 1.16 bits per heavy atom. The van der Waals surface area contributed by atoms with Gasteiger partial charge in [-0.05, 0) is 39.7 Å². The van der Waals surface area contributed by atoms with Crippen molar-refractivity contribution in [3.8, 4) is 0 Å². The molecule has 5 nitrogen and oxygen atoms in total. The second kappa shape index (κ2) is 14.6. The number of hydrogen-bond acceptors (Lipinski definition) is 5. The first-order chi connectivity index (χ1) is 12.0. The van der Waals surface area contributed by atoms with Gasteiger partial charge in [0.2, 0.25) is 0 Å². The van der Waals surface area contributed by atoms with Crippen molar-refractivity contribution < 1.29 is 19.1 Å². The van der Waals surface area contributed by atoms with E-state index in [-0.39, 0.29) is 24.6 Å². The zero-order chi connectivity index (χ0) is 19.1. The van der Waals surface area contributed by atoms with Crippen molar-refractivity contribution >= 4 is 12.3 Å². The van der Waals surface area contributed by atoms with E-state index in [1.54, 1.807) is 14.0 Å². The maximum Gasteiger partial charge on any atom is 0.320 e. The molecule has 0 aliphatic heterocycles. The molecule has 142 valence electrons. The molecule has 5 heteroatoms. The highest BCUT2D eigenvalue weighted by molar-refractivity contribution is 5.71. The fraction of sp³-hybridized carbons (Fsp3) is 0.600. The molecule has 2 unspecified atom stereocenters. The minimum atomic E-state index is -0.224. The molecule has 0 radical (unpaired) electrons. The Morgan fingerprint density at radius 3 is 2.24 bits per heavy atom. The maximum atomic E-state index is 11.8. The highest BCUT2D eigenvalue weighted by Crippen LogP contribution is 2.23. The quantitative estimate of drug-likeness (QED) is 0.476. The molecule has 0 spiro atoms. The van der Waals surface area contributed by atoms with E-state index in [0.717, 1.165) is 24.9 Å². The average Bonchev–Trinajstić information content (AvgIpc) is 2.64. The van der Waals surface area contributed by atoms with Crippen molar-refractivity contribution in [2.45, 2.75) is 52.6 Å². The van der Waals surface area contributed by atoms with Crippen molar-refractivity contribution in [3.63, 3.8) is 0 Å². The first-order valence-electron chi connectivity index (χ1n) is 8.90. The van der Waals surface area contributed by atoms with E-state index in [1.807, 2.05) is 32.0 Å². The van der Waals surface area contributed by atoms with Crippen molar-refractivity contribution in [1.29, 1.82) is 0 Å². The van der Waals surface area contributed by atoms with Gasteiger partial charge in [0.15, 0.2) is 0 Å². The number of methoxy groups -OCH3 is 1. The van der Waals surface area contributed by atoms with Gasteiger partial charge in [0.25, 0.3) is 0 Å². The lowest BCUT2D eigenvalue weighted by Gasteiger charge is -2.33. The van der Waals surface area contributed by atoms with Crippen LogP contribution in [0.15, 0.2) is 30.3 Å². The zero-order valence-corrected chi connectivity index (χ0v) is 16.2. The maximum absolute atomic E-state index is 11.8. The topological polar surface area (TPSA) is 55.8 Å². The number of benzene rings is 1. The van der Waals surface area contributed by atoms with Crippen LogP contribution in [0.2, 0.25) is 0 Å². The van der Waals surface area contributed by atoms with Crippen LogP contribution in [0.25, 0.3) is 0 Å². The Labute approximate surface area is 152 Å². The number of hydrogen-bond donors (Lipinski definition) is 0. The van der Waals surface area contributed by atoms with E-state index >= 15 is 0 Å². The lowest BCUT2D eigenvalue weighted by molar-refractivity contribution is -0.145. The molecular formula is C20H33NO4. The van der Waals surface area contributed by atoms with Crippen LogP contribution in [0.4, 0.5) is 0 Å². The van der Waals surface area contributed by atoms with Gasteiger partial charge in [-0.15, -0.1) is 0 Å². The normalized spacial score (nSPS) is 12.7. The van der Waals surface area contributed by atoms with E-state index in [9.17, 15) is 9.59 Å². The van der Waals surface area contributed by atoms with Crippen LogP contribution < -0.4 is 0 Å². The number of aldehydes is 1. The van der Waals surface area contributed by atoms with Crippen LogP contribution in [0.3, 0.4) is 0 Å². The summed E-state index contributed by atoms with van der Waals surface area (Å²) in [6.45, 7) is 9.33. The first-order valence-corrected chi connectivity index (χ1v) is 8.90. The Balaban J connectivity index is 0.00000129. The number of carbonyl (C=O) groups excluding carboxylic acids is 2. The van der Waals surface area contributed by atoms with Crippen molar-refractivity contribution in [1.82, 2.24) is 4.90 Å². The molecule has 1 aromatic carbocycles. The molecule has 1 rings (SSSR count). The number of carbonyl (C=O) groups is 2. The molecule has 0 amide bonds. The molecule has 0 heterocycles. The Morgan fingerprint density at radius 2 is 1.76 bits per heavy atom. The summed E-state index contributed by atoms with van der Waals surface area (Å²) in [5.41, 5.74) is 1.15. The van der Waals surface area contributed by atoms with E-state index in [2.05, 4.69) is 28.7 Å². The standard InChI is InChI=1S/C17H25NO3.C3H8O/c1-4-21-17(20)13-18(14(2)9-8-12-19)15(3)16-10-6-5-7-11-16;1-3-4-2/h5-7,10-12,14-15H,4,8-9,13H2,1-3H3;3H2,1-2H3. The third kappa shape index (κ3) is 9.99. The molecule has 2 atom stereocenters. The minimum Gasteiger partial charge on any atom is -0.465 e. The average molecular weight is 351 g/mol. The summed E-state index contributed by atoms with van der Waals surface area (Å²) < 4.78 is 9.60. The Bertz CT molecular complexity index is 462.